The van der Waals surface area contributed by atoms with Crippen LogP contribution < -0.4 is 4.72 Å². The van der Waals surface area contributed by atoms with Gasteiger partial charge in [0.15, 0.2) is 0 Å². The number of rotatable bonds is 6. The lowest BCUT2D eigenvalue weighted by molar-refractivity contribution is -0.143. The van der Waals surface area contributed by atoms with Gasteiger partial charge in [0.05, 0.1) is 28.8 Å². The van der Waals surface area contributed by atoms with Gasteiger partial charge in [0.2, 0.25) is 0 Å². The van der Waals surface area contributed by atoms with Crippen molar-refractivity contribution < 1.29 is 17.9 Å². The van der Waals surface area contributed by atoms with Crippen LogP contribution in [0.1, 0.15) is 24.1 Å². The Morgan fingerprint density at radius 2 is 1.87 bits per heavy atom. The molecule has 1 aliphatic carbocycles. The van der Waals surface area contributed by atoms with E-state index in [1.807, 2.05) is 0 Å². The van der Waals surface area contributed by atoms with E-state index < -0.39 is 15.4 Å². The number of ether oxygens (including phenoxy) is 1. The summed E-state index contributed by atoms with van der Waals surface area (Å²) in [4.78, 5) is 12.1. The van der Waals surface area contributed by atoms with Crippen LogP contribution in [0, 0.1) is 6.92 Å². The van der Waals surface area contributed by atoms with Gasteiger partial charge in [0.1, 0.15) is 5.82 Å². The van der Waals surface area contributed by atoms with E-state index in [2.05, 4.69) is 9.82 Å². The van der Waals surface area contributed by atoms with Gasteiger partial charge in [-0.3, -0.25) is 9.52 Å². The molecule has 0 spiro atoms. The SMILES string of the molecule is COC(=O)C1(c2ccc(S(=O)(=O)Nc3cc(C)nn3-c3cccc(Cl)c3)cc2)CC1. The predicted octanol–water partition coefficient (Wildman–Crippen LogP) is 3.84. The first-order valence-electron chi connectivity index (χ1n) is 9.30. The molecule has 3 aromatic rings. The van der Waals surface area contributed by atoms with E-state index in [1.54, 1.807) is 49.4 Å². The highest BCUT2D eigenvalue weighted by Crippen LogP contribution is 2.49. The van der Waals surface area contributed by atoms with Crippen LogP contribution in [-0.4, -0.2) is 31.3 Å². The average molecular weight is 446 g/mol. The molecule has 1 aromatic heterocycles. The van der Waals surface area contributed by atoms with Crippen LogP contribution in [0.5, 0.6) is 0 Å². The first-order valence-corrected chi connectivity index (χ1v) is 11.2. The van der Waals surface area contributed by atoms with Gasteiger partial charge in [-0.2, -0.15) is 5.10 Å². The predicted molar refractivity (Wildman–Crippen MR) is 113 cm³/mol. The molecule has 30 heavy (non-hydrogen) atoms. The fourth-order valence-corrected chi connectivity index (χ4v) is 4.68. The highest BCUT2D eigenvalue weighted by molar-refractivity contribution is 7.92. The third-order valence-corrected chi connectivity index (χ3v) is 6.77. The number of nitrogens with zero attached hydrogens (tertiary/aromatic N) is 2. The van der Waals surface area contributed by atoms with Crippen LogP contribution in [0.4, 0.5) is 5.82 Å². The maximum atomic E-state index is 13.0. The molecule has 156 valence electrons. The average Bonchev–Trinajstić information content (AvgIpc) is 3.45. The lowest BCUT2D eigenvalue weighted by Gasteiger charge is -2.14. The smallest absolute Gasteiger partial charge is 0.316 e. The lowest BCUT2D eigenvalue weighted by atomic mass is 9.96. The molecule has 9 heteroatoms. The van der Waals surface area contributed by atoms with Crippen LogP contribution in [0.15, 0.2) is 59.5 Å². The summed E-state index contributed by atoms with van der Waals surface area (Å²) in [6.45, 7) is 1.77. The van der Waals surface area contributed by atoms with Crippen molar-refractivity contribution in [2.45, 2.75) is 30.1 Å². The van der Waals surface area contributed by atoms with E-state index in [4.69, 9.17) is 16.3 Å². The number of carbonyl (C=O) groups excluding carboxylic acids is 1. The van der Waals surface area contributed by atoms with Crippen molar-refractivity contribution in [3.05, 3.63) is 70.9 Å². The molecule has 0 unspecified atom stereocenters. The second kappa shape index (κ2) is 7.45. The zero-order chi connectivity index (χ0) is 21.5. The summed E-state index contributed by atoms with van der Waals surface area (Å²) in [5, 5.41) is 4.88. The molecule has 0 amide bonds. The molecule has 2 aromatic carbocycles. The lowest BCUT2D eigenvalue weighted by Crippen LogP contribution is -2.22. The fourth-order valence-electron chi connectivity index (χ4n) is 3.46. The summed E-state index contributed by atoms with van der Waals surface area (Å²) < 4.78 is 34.9. The van der Waals surface area contributed by atoms with E-state index in [-0.39, 0.29) is 10.9 Å². The summed E-state index contributed by atoms with van der Waals surface area (Å²) in [5.74, 6) is 0.00389. The van der Waals surface area contributed by atoms with Crippen LogP contribution in [0.3, 0.4) is 0 Å². The zero-order valence-electron chi connectivity index (χ0n) is 16.4. The van der Waals surface area contributed by atoms with E-state index in [1.165, 1.54) is 23.9 Å². The number of sulfonamides is 1. The van der Waals surface area contributed by atoms with E-state index >= 15 is 0 Å². The molecule has 0 radical (unpaired) electrons. The minimum absolute atomic E-state index is 0.0865. The fraction of sp³-hybridized carbons (Fsp3) is 0.238. The van der Waals surface area contributed by atoms with Gasteiger partial charge in [-0.15, -0.1) is 0 Å². The minimum Gasteiger partial charge on any atom is -0.468 e. The van der Waals surface area contributed by atoms with Gasteiger partial charge >= 0.3 is 5.97 Å². The molecule has 0 saturated heterocycles. The number of aryl methyl sites for hydroxylation is 1. The summed E-state index contributed by atoms with van der Waals surface area (Å²) >= 11 is 6.06. The third kappa shape index (κ3) is 3.68. The Kier molecular flexibility index (Phi) is 5.07. The number of hydrogen-bond donors (Lipinski definition) is 1. The van der Waals surface area contributed by atoms with Crippen molar-refractivity contribution in [3.63, 3.8) is 0 Å². The van der Waals surface area contributed by atoms with Gasteiger partial charge in [-0.05, 0) is 55.7 Å². The van der Waals surface area contributed by atoms with Crippen molar-refractivity contribution in [2.24, 2.45) is 0 Å². The molecular weight excluding hydrogens is 426 g/mol. The van der Waals surface area contributed by atoms with E-state index in [9.17, 15) is 13.2 Å². The molecular formula is C21H20ClN3O4S. The van der Waals surface area contributed by atoms with E-state index in [0.29, 0.717) is 35.1 Å². The van der Waals surface area contributed by atoms with Crippen LogP contribution in [0.2, 0.25) is 5.02 Å². The first-order chi connectivity index (χ1) is 14.2. The molecule has 1 saturated carbocycles. The standard InChI is InChI=1S/C21H20ClN3O4S/c1-14-12-19(25(23-14)17-5-3-4-16(22)13-17)24-30(27,28)18-8-6-15(7-9-18)21(10-11-21)20(26)29-2/h3-9,12-13,24H,10-11H2,1-2H3. The number of anilines is 1. The summed E-state index contributed by atoms with van der Waals surface area (Å²) in [5.41, 5.74) is 1.40. The minimum atomic E-state index is -3.87. The molecule has 7 nitrogen and oxygen atoms in total. The van der Waals surface area contributed by atoms with Crippen molar-refractivity contribution in [1.29, 1.82) is 0 Å². The van der Waals surface area contributed by atoms with E-state index in [0.717, 1.165) is 5.56 Å². The normalized spacial score (nSPS) is 14.9. The number of aromatic nitrogens is 2. The van der Waals surface area contributed by atoms with Gasteiger partial charge in [-0.1, -0.05) is 29.8 Å². The van der Waals surface area contributed by atoms with Gasteiger partial charge < -0.3 is 4.74 Å². The Morgan fingerprint density at radius 3 is 2.47 bits per heavy atom. The van der Waals surface area contributed by atoms with Crippen molar-refractivity contribution in [2.75, 3.05) is 11.8 Å². The highest BCUT2D eigenvalue weighted by Gasteiger charge is 2.52. The molecule has 1 N–H and O–H groups in total. The molecule has 1 aliphatic rings. The van der Waals surface area contributed by atoms with Crippen molar-refractivity contribution in [3.8, 4) is 5.69 Å². The number of methoxy groups -OCH3 is 1. The monoisotopic (exact) mass is 445 g/mol. The first kappa shape index (κ1) is 20.4. The Bertz CT molecular complexity index is 1220. The molecule has 0 aliphatic heterocycles. The summed E-state index contributed by atoms with van der Waals surface area (Å²) in [7, 11) is -2.51. The number of esters is 1. The van der Waals surface area contributed by atoms with Gasteiger partial charge in [0, 0.05) is 11.1 Å². The van der Waals surface area contributed by atoms with Crippen molar-refractivity contribution in [1.82, 2.24) is 9.78 Å². The van der Waals surface area contributed by atoms with Crippen LogP contribution >= 0.6 is 11.6 Å². The van der Waals surface area contributed by atoms with Crippen LogP contribution in [0.25, 0.3) is 5.69 Å². The summed E-state index contributed by atoms with van der Waals surface area (Å²) in [6.07, 6.45) is 1.39. The quantitative estimate of drug-likeness (QED) is 0.582. The second-order valence-corrected chi connectivity index (χ2v) is 9.39. The zero-order valence-corrected chi connectivity index (χ0v) is 18.0. The largest absolute Gasteiger partial charge is 0.468 e. The molecule has 1 fully saturated rings. The number of halogens is 1. The number of nitrogens with one attached hydrogen (secondary N) is 1. The number of benzene rings is 2. The Morgan fingerprint density at radius 1 is 1.17 bits per heavy atom. The third-order valence-electron chi connectivity index (χ3n) is 5.17. The Balaban J connectivity index is 1.62. The number of hydrogen-bond acceptors (Lipinski definition) is 5. The Labute approximate surface area is 179 Å². The molecule has 0 bridgehead atoms. The van der Waals surface area contributed by atoms with Crippen molar-refractivity contribution >= 4 is 33.4 Å². The summed E-state index contributed by atoms with van der Waals surface area (Å²) in [6, 6.07) is 14.9. The highest BCUT2D eigenvalue weighted by atomic mass is 35.5. The molecule has 0 atom stereocenters. The van der Waals surface area contributed by atoms with Crippen LogP contribution in [-0.2, 0) is 25.0 Å². The van der Waals surface area contributed by atoms with Gasteiger partial charge in [0.25, 0.3) is 10.0 Å². The number of carbonyl (C=O) groups is 1. The molecule has 4 rings (SSSR count). The topological polar surface area (TPSA) is 90.3 Å². The maximum absolute atomic E-state index is 13.0. The second-order valence-electron chi connectivity index (χ2n) is 7.27. The maximum Gasteiger partial charge on any atom is 0.316 e. The Hall–Kier alpha value is -2.84. The molecule has 1 heterocycles. The van der Waals surface area contributed by atoms with Gasteiger partial charge in [-0.25, -0.2) is 13.1 Å².